The van der Waals surface area contributed by atoms with Crippen LogP contribution < -0.4 is 5.73 Å². The summed E-state index contributed by atoms with van der Waals surface area (Å²) in [4.78, 5) is 17.7. The number of ether oxygens (including phenoxy) is 2. The molecule has 2 aromatic heterocycles. The van der Waals surface area contributed by atoms with Gasteiger partial charge in [-0.3, -0.25) is 0 Å². The average Bonchev–Trinajstić information content (AvgIpc) is 3.36. The largest absolute Gasteiger partial charge is 0.463 e. The van der Waals surface area contributed by atoms with Crippen molar-refractivity contribution >= 4 is 40.8 Å². The summed E-state index contributed by atoms with van der Waals surface area (Å²) in [6.07, 6.45) is 2.59. The number of hydrogen-bond donors (Lipinski definition) is 1. The molecule has 0 radical (unpaired) electrons. The Hall–Kier alpha value is -3.09. The molecule has 0 aliphatic carbocycles. The highest BCUT2D eigenvalue weighted by atomic mass is 32.2. The molecule has 0 amide bonds. The van der Waals surface area contributed by atoms with Gasteiger partial charge in [-0.2, -0.15) is 5.26 Å². The number of nitriles is 1. The summed E-state index contributed by atoms with van der Waals surface area (Å²) < 4.78 is 13.1. The molecule has 7 nitrogen and oxygen atoms in total. The first kappa shape index (κ1) is 22.1. The van der Waals surface area contributed by atoms with Gasteiger partial charge in [0.15, 0.2) is 5.05 Å². The Bertz CT molecular complexity index is 1240. The molecule has 1 unspecified atom stereocenters. The van der Waals surface area contributed by atoms with Gasteiger partial charge in [0.2, 0.25) is 0 Å². The number of fused-ring (bicyclic) bond motifs is 3. The number of thiocarbonyl (C=S) groups is 1. The van der Waals surface area contributed by atoms with E-state index >= 15 is 0 Å². The maximum absolute atomic E-state index is 13.0. The van der Waals surface area contributed by atoms with Gasteiger partial charge in [-0.25, -0.2) is 9.78 Å². The van der Waals surface area contributed by atoms with Gasteiger partial charge >= 0.3 is 5.97 Å². The van der Waals surface area contributed by atoms with Crippen LogP contribution in [-0.4, -0.2) is 32.9 Å². The van der Waals surface area contributed by atoms with E-state index < -0.39 is 11.9 Å². The minimum atomic E-state index is -0.470. The molecule has 0 spiro atoms. The lowest BCUT2D eigenvalue weighted by atomic mass is 9.87. The van der Waals surface area contributed by atoms with Crippen LogP contribution in [0.2, 0.25) is 0 Å². The standard InChI is InChI=1S/C23H22N4O3S2/c1-4-14-12(3)9-13(10-24)21(26-14)32-11-16-18(22(28)29-5-2)17-15-7-6-8-27(15)20(25)19(17)23(31)30-16/h6-9,17H,4-5,11,25H2,1-3H3. The smallest absolute Gasteiger partial charge is 0.338 e. The SMILES string of the molecule is CCOC(=O)C1=C(CSc2nc(CC)c(C)cc2C#N)OC(=S)C2=C(N)n3cccc3C12. The fourth-order valence-corrected chi connectivity index (χ4v) is 5.27. The van der Waals surface area contributed by atoms with E-state index in [1.165, 1.54) is 11.8 Å². The molecular formula is C23H22N4O3S2. The third-order valence-corrected chi connectivity index (χ3v) is 6.79. The number of thioether (sulfide) groups is 1. The predicted octanol–water partition coefficient (Wildman–Crippen LogP) is 3.82. The molecule has 2 N–H and O–H groups in total. The molecule has 4 heterocycles. The quantitative estimate of drug-likeness (QED) is 0.389. The Labute approximate surface area is 195 Å². The maximum atomic E-state index is 13.0. The Morgan fingerprint density at radius 3 is 2.94 bits per heavy atom. The molecule has 0 aromatic carbocycles. The number of nitrogens with two attached hydrogens (primary N) is 1. The molecule has 2 aliphatic rings. The van der Waals surface area contributed by atoms with Crippen LogP contribution in [0.5, 0.6) is 0 Å². The second-order valence-corrected chi connectivity index (χ2v) is 8.68. The van der Waals surface area contributed by atoms with Crippen LogP contribution in [-0.2, 0) is 20.7 Å². The van der Waals surface area contributed by atoms with Crippen molar-refractivity contribution in [1.82, 2.24) is 9.55 Å². The molecule has 164 valence electrons. The van der Waals surface area contributed by atoms with Gasteiger partial charge < -0.3 is 19.8 Å². The van der Waals surface area contributed by atoms with Crippen molar-refractivity contribution in [3.05, 3.63) is 63.8 Å². The van der Waals surface area contributed by atoms with E-state index in [0.717, 1.165) is 23.4 Å². The number of aryl methyl sites for hydroxylation is 2. The van der Waals surface area contributed by atoms with Crippen LogP contribution in [0.4, 0.5) is 0 Å². The lowest BCUT2D eigenvalue weighted by molar-refractivity contribution is -0.139. The third-order valence-electron chi connectivity index (χ3n) is 5.50. The van der Waals surface area contributed by atoms with Crippen molar-refractivity contribution in [3.8, 4) is 6.07 Å². The lowest BCUT2D eigenvalue weighted by Crippen LogP contribution is -2.28. The van der Waals surface area contributed by atoms with Gasteiger partial charge in [0.1, 0.15) is 22.7 Å². The highest BCUT2D eigenvalue weighted by Gasteiger charge is 2.44. The molecule has 0 fully saturated rings. The number of carbonyl (C=O) groups excluding carboxylic acids is 1. The van der Waals surface area contributed by atoms with E-state index in [4.69, 9.17) is 27.4 Å². The van der Waals surface area contributed by atoms with Crippen LogP contribution in [0.15, 0.2) is 46.3 Å². The Morgan fingerprint density at radius 2 is 2.25 bits per heavy atom. The maximum Gasteiger partial charge on any atom is 0.338 e. The summed E-state index contributed by atoms with van der Waals surface area (Å²) in [5, 5.41) is 10.4. The second kappa shape index (κ2) is 8.81. The van der Waals surface area contributed by atoms with E-state index in [-0.39, 0.29) is 17.4 Å². The summed E-state index contributed by atoms with van der Waals surface area (Å²) in [5.41, 5.74) is 10.5. The van der Waals surface area contributed by atoms with Crippen LogP contribution in [0.1, 0.15) is 42.3 Å². The van der Waals surface area contributed by atoms with E-state index in [0.29, 0.717) is 33.3 Å². The number of rotatable bonds is 6. The van der Waals surface area contributed by atoms with Gasteiger partial charge in [-0.15, -0.1) is 0 Å². The van der Waals surface area contributed by atoms with E-state index in [9.17, 15) is 10.1 Å². The number of aromatic nitrogens is 2. The van der Waals surface area contributed by atoms with Crippen molar-refractivity contribution in [2.24, 2.45) is 5.73 Å². The molecule has 4 rings (SSSR count). The van der Waals surface area contributed by atoms with Crippen molar-refractivity contribution < 1.29 is 14.3 Å². The normalized spacial score (nSPS) is 17.1. The third kappa shape index (κ3) is 3.59. The highest BCUT2D eigenvalue weighted by Crippen LogP contribution is 2.46. The number of nitrogens with zero attached hydrogens (tertiary/aromatic N) is 3. The molecule has 9 heteroatoms. The van der Waals surface area contributed by atoms with Gasteiger partial charge in [-0.1, -0.05) is 18.7 Å². The van der Waals surface area contributed by atoms with Crippen molar-refractivity contribution in [2.75, 3.05) is 12.4 Å². The Kier molecular flexibility index (Phi) is 6.09. The van der Waals surface area contributed by atoms with Crippen LogP contribution in [0, 0.1) is 18.3 Å². The second-order valence-electron chi connectivity index (χ2n) is 7.34. The minimum Gasteiger partial charge on any atom is -0.463 e. The zero-order valence-electron chi connectivity index (χ0n) is 18.0. The molecule has 1 atom stereocenters. The monoisotopic (exact) mass is 466 g/mol. The molecule has 2 aromatic rings. The first-order valence-electron chi connectivity index (χ1n) is 10.2. The molecular weight excluding hydrogens is 444 g/mol. The summed E-state index contributed by atoms with van der Waals surface area (Å²) in [6, 6.07) is 7.83. The van der Waals surface area contributed by atoms with Crippen molar-refractivity contribution in [1.29, 1.82) is 5.26 Å². The summed E-state index contributed by atoms with van der Waals surface area (Å²) >= 11 is 6.85. The van der Waals surface area contributed by atoms with Gasteiger partial charge in [0.05, 0.1) is 35.0 Å². The fraction of sp³-hybridized carbons (Fsp3) is 0.304. The zero-order chi connectivity index (χ0) is 23.0. The molecule has 0 saturated heterocycles. The Balaban J connectivity index is 1.77. The number of hydrogen-bond acceptors (Lipinski definition) is 8. The predicted molar refractivity (Wildman–Crippen MR) is 126 cm³/mol. The highest BCUT2D eigenvalue weighted by molar-refractivity contribution is 7.99. The summed E-state index contributed by atoms with van der Waals surface area (Å²) in [5.74, 6) is 0.203. The lowest BCUT2D eigenvalue weighted by Gasteiger charge is -2.27. The molecule has 32 heavy (non-hydrogen) atoms. The Morgan fingerprint density at radius 1 is 1.47 bits per heavy atom. The molecule has 0 bridgehead atoms. The van der Waals surface area contributed by atoms with Crippen LogP contribution in [0.25, 0.3) is 5.82 Å². The van der Waals surface area contributed by atoms with Gasteiger partial charge in [-0.05, 0) is 56.2 Å². The molecule has 2 aliphatic heterocycles. The van der Waals surface area contributed by atoms with Gasteiger partial charge in [0.25, 0.3) is 0 Å². The minimum absolute atomic E-state index is 0.230. The number of pyridine rings is 1. The van der Waals surface area contributed by atoms with Crippen LogP contribution in [0.3, 0.4) is 0 Å². The fourth-order valence-electron chi connectivity index (χ4n) is 4.03. The average molecular weight is 467 g/mol. The van der Waals surface area contributed by atoms with Crippen LogP contribution >= 0.6 is 24.0 Å². The first-order valence-corrected chi connectivity index (χ1v) is 11.6. The summed E-state index contributed by atoms with van der Waals surface area (Å²) in [7, 11) is 0. The number of esters is 1. The van der Waals surface area contributed by atoms with E-state index in [1.807, 2.05) is 42.8 Å². The van der Waals surface area contributed by atoms with E-state index in [2.05, 4.69) is 11.1 Å². The zero-order valence-corrected chi connectivity index (χ0v) is 19.6. The van der Waals surface area contributed by atoms with E-state index in [1.54, 1.807) is 6.92 Å². The van der Waals surface area contributed by atoms with Crippen molar-refractivity contribution in [2.45, 2.75) is 38.1 Å². The molecule has 0 saturated carbocycles. The van der Waals surface area contributed by atoms with Crippen molar-refractivity contribution in [3.63, 3.8) is 0 Å². The summed E-state index contributed by atoms with van der Waals surface area (Å²) in [6.45, 7) is 5.95. The van der Waals surface area contributed by atoms with Gasteiger partial charge in [0, 0.05) is 17.6 Å². The first-order chi connectivity index (χ1) is 15.4. The topological polar surface area (TPSA) is 103 Å². The number of carbonyl (C=O) groups is 1.